The number of benzene rings is 1. The van der Waals surface area contributed by atoms with Crippen LogP contribution in [0.15, 0.2) is 24.4 Å². The number of hydrogen-bond acceptors (Lipinski definition) is 3. The molecule has 0 saturated heterocycles. The highest BCUT2D eigenvalue weighted by Gasteiger charge is 2.24. The Bertz CT molecular complexity index is 664. The van der Waals surface area contributed by atoms with E-state index in [1.165, 1.54) is 6.07 Å². The molecule has 0 aliphatic carbocycles. The van der Waals surface area contributed by atoms with E-state index < -0.39 is 46.5 Å². The number of carbonyl (C=O) groups excluding carboxylic acids is 1. The molecule has 0 aliphatic heterocycles. The van der Waals surface area contributed by atoms with Crippen LogP contribution in [0.25, 0.3) is 0 Å². The molecule has 3 nitrogen and oxygen atoms in total. The van der Waals surface area contributed by atoms with E-state index >= 15 is 0 Å². The Labute approximate surface area is 108 Å². The van der Waals surface area contributed by atoms with Crippen LogP contribution in [0.2, 0.25) is 0 Å². The number of esters is 1. The van der Waals surface area contributed by atoms with Crippen LogP contribution in [0.3, 0.4) is 0 Å². The fourth-order valence-electron chi connectivity index (χ4n) is 1.33. The van der Waals surface area contributed by atoms with E-state index in [4.69, 9.17) is 0 Å². The minimum Gasteiger partial charge on any atom is -0.416 e. The molecule has 0 aliphatic rings. The summed E-state index contributed by atoms with van der Waals surface area (Å²) in [4.78, 5) is 14.6. The van der Waals surface area contributed by atoms with Crippen molar-refractivity contribution in [2.24, 2.45) is 0 Å². The van der Waals surface area contributed by atoms with Gasteiger partial charge in [0.1, 0.15) is 5.56 Å². The number of carbonyl (C=O) groups is 1. The average molecular weight is 288 g/mol. The number of halogens is 5. The topological polar surface area (TPSA) is 39.2 Å². The lowest BCUT2D eigenvalue weighted by atomic mass is 10.2. The van der Waals surface area contributed by atoms with E-state index in [2.05, 4.69) is 9.72 Å². The molecule has 1 aromatic heterocycles. The van der Waals surface area contributed by atoms with Crippen LogP contribution < -0.4 is 4.74 Å². The van der Waals surface area contributed by atoms with Gasteiger partial charge in [-0.15, -0.1) is 0 Å². The number of rotatable bonds is 2. The van der Waals surface area contributed by atoms with E-state index in [0.29, 0.717) is 0 Å². The molecular weight excluding hydrogens is 284 g/mol. The molecule has 0 N–H and O–H groups in total. The number of pyridine rings is 1. The monoisotopic (exact) mass is 288 g/mol. The Balaban J connectivity index is 2.41. The van der Waals surface area contributed by atoms with Crippen molar-refractivity contribution in [3.8, 4) is 5.75 Å². The predicted octanol–water partition coefficient (Wildman–Crippen LogP) is 3.00. The van der Waals surface area contributed by atoms with Crippen LogP contribution in [0.5, 0.6) is 5.75 Å². The predicted molar refractivity (Wildman–Crippen MR) is 55.4 cm³/mol. The van der Waals surface area contributed by atoms with E-state index in [9.17, 15) is 26.7 Å². The fourth-order valence-corrected chi connectivity index (χ4v) is 1.33. The fraction of sp³-hybridized carbons (Fsp3) is 0. The lowest BCUT2D eigenvalue weighted by Gasteiger charge is -2.07. The molecule has 2 aromatic rings. The third-order valence-corrected chi connectivity index (χ3v) is 2.25. The van der Waals surface area contributed by atoms with Crippen molar-refractivity contribution in [3.63, 3.8) is 0 Å². The second-order valence-electron chi connectivity index (χ2n) is 3.53. The highest BCUT2D eigenvalue weighted by Crippen LogP contribution is 2.27. The van der Waals surface area contributed by atoms with E-state index in [1.807, 2.05) is 0 Å². The molecule has 0 spiro atoms. The number of aromatic nitrogens is 1. The Kier molecular flexibility index (Phi) is 3.64. The number of ether oxygens (including phenoxy) is 1. The molecule has 20 heavy (non-hydrogen) atoms. The summed E-state index contributed by atoms with van der Waals surface area (Å²) in [6.45, 7) is 0. The molecule has 0 unspecified atom stereocenters. The van der Waals surface area contributed by atoms with E-state index in [1.54, 1.807) is 0 Å². The molecule has 2 rings (SSSR count). The largest absolute Gasteiger partial charge is 0.416 e. The van der Waals surface area contributed by atoms with Gasteiger partial charge in [-0.05, 0) is 12.1 Å². The molecule has 0 fully saturated rings. The molecule has 1 heterocycles. The summed E-state index contributed by atoms with van der Waals surface area (Å²) in [5.41, 5.74) is -0.740. The summed E-state index contributed by atoms with van der Waals surface area (Å²) in [7, 11) is 0. The van der Waals surface area contributed by atoms with Gasteiger partial charge in [0.15, 0.2) is 11.6 Å². The molecule has 0 bridgehead atoms. The first kappa shape index (κ1) is 13.9. The summed E-state index contributed by atoms with van der Waals surface area (Å²) in [5, 5.41) is 0. The summed E-state index contributed by atoms with van der Waals surface area (Å²) < 4.78 is 69.6. The van der Waals surface area contributed by atoms with Gasteiger partial charge < -0.3 is 4.74 Å². The Hall–Kier alpha value is -2.51. The first-order chi connectivity index (χ1) is 9.41. The van der Waals surface area contributed by atoms with Gasteiger partial charge in [0, 0.05) is 12.3 Å². The first-order valence-corrected chi connectivity index (χ1v) is 5.07. The zero-order chi connectivity index (χ0) is 14.9. The minimum atomic E-state index is -1.90. The first-order valence-electron chi connectivity index (χ1n) is 5.07. The van der Waals surface area contributed by atoms with Gasteiger partial charge in [-0.1, -0.05) is 0 Å². The maximum atomic E-state index is 13.3. The van der Waals surface area contributed by atoms with Crippen molar-refractivity contribution in [3.05, 3.63) is 59.2 Å². The zero-order valence-corrected chi connectivity index (χ0v) is 9.46. The minimum absolute atomic E-state index is 0.0489. The molecule has 0 radical (unpaired) electrons. The SMILES string of the molecule is O=C(Oc1c(F)c(F)cc(F)c1F)c1cccnc1[18F]. The smallest absolute Gasteiger partial charge is 0.348 e. The van der Waals surface area contributed by atoms with Crippen LogP contribution in [0.4, 0.5) is 22.0 Å². The highest BCUT2D eigenvalue weighted by atomic mass is 19.2. The van der Waals surface area contributed by atoms with Crippen LogP contribution in [0.1, 0.15) is 10.4 Å². The third kappa shape index (κ3) is 2.44. The quantitative estimate of drug-likeness (QED) is 0.280. The van der Waals surface area contributed by atoms with Crippen LogP contribution in [-0.4, -0.2) is 11.0 Å². The molecule has 0 atom stereocenters. The number of nitrogens with zero attached hydrogens (tertiary/aromatic N) is 1. The summed E-state index contributed by atoms with van der Waals surface area (Å²) in [5.74, 6) is -11.7. The van der Waals surface area contributed by atoms with Gasteiger partial charge in [-0.25, -0.2) is 18.6 Å². The molecule has 8 heteroatoms. The Morgan fingerprint density at radius 2 is 1.65 bits per heavy atom. The summed E-state index contributed by atoms with van der Waals surface area (Å²) >= 11 is 0. The van der Waals surface area contributed by atoms with Crippen LogP contribution in [-0.2, 0) is 0 Å². The van der Waals surface area contributed by atoms with E-state index in [0.717, 1.165) is 12.3 Å². The van der Waals surface area contributed by atoms with E-state index in [-0.39, 0.29) is 6.07 Å². The zero-order valence-electron chi connectivity index (χ0n) is 9.46. The van der Waals surface area contributed by atoms with Gasteiger partial charge in [0.25, 0.3) is 0 Å². The number of hydrogen-bond donors (Lipinski definition) is 0. The van der Waals surface area contributed by atoms with Gasteiger partial charge in [-0.3, -0.25) is 0 Å². The lowest BCUT2D eigenvalue weighted by molar-refractivity contribution is 0.0711. The maximum absolute atomic E-state index is 13.3. The molecule has 1 aromatic carbocycles. The molecule has 0 saturated carbocycles. The molecular formula is C12H4F5NO2. The lowest BCUT2D eigenvalue weighted by Crippen LogP contribution is -2.14. The highest BCUT2D eigenvalue weighted by molar-refractivity contribution is 5.91. The van der Waals surface area contributed by atoms with Gasteiger partial charge >= 0.3 is 5.97 Å². The van der Waals surface area contributed by atoms with Crippen molar-refractivity contribution in [1.29, 1.82) is 0 Å². The molecule has 0 amide bonds. The second kappa shape index (κ2) is 5.24. The average Bonchev–Trinajstić information content (AvgIpc) is 2.41. The van der Waals surface area contributed by atoms with Gasteiger partial charge in [0.2, 0.25) is 23.3 Å². The van der Waals surface area contributed by atoms with Crippen LogP contribution in [0, 0.1) is 29.2 Å². The van der Waals surface area contributed by atoms with Crippen molar-refractivity contribution >= 4 is 5.97 Å². The Morgan fingerprint density at radius 1 is 1.05 bits per heavy atom. The molecule has 104 valence electrons. The summed E-state index contributed by atoms with van der Waals surface area (Å²) in [6.07, 6.45) is 1.02. The van der Waals surface area contributed by atoms with Crippen molar-refractivity contribution in [2.45, 2.75) is 0 Å². The third-order valence-electron chi connectivity index (χ3n) is 2.25. The van der Waals surface area contributed by atoms with Crippen molar-refractivity contribution in [2.75, 3.05) is 0 Å². The Morgan fingerprint density at radius 3 is 2.20 bits per heavy atom. The van der Waals surface area contributed by atoms with Gasteiger partial charge in [-0.2, -0.15) is 13.2 Å². The van der Waals surface area contributed by atoms with Crippen LogP contribution >= 0.6 is 0 Å². The van der Waals surface area contributed by atoms with Crippen molar-refractivity contribution < 1.29 is 31.5 Å². The second-order valence-corrected chi connectivity index (χ2v) is 3.53. The standard InChI is InChI=1S/C12H4F5NO2/c13-6-4-7(14)9(16)10(8(6)15)20-12(19)5-2-1-3-18-11(5)17/h1-4H/i17-1. The maximum Gasteiger partial charge on any atom is 0.348 e. The van der Waals surface area contributed by atoms with Gasteiger partial charge in [0.05, 0.1) is 0 Å². The normalized spacial score (nSPS) is 10.4. The summed E-state index contributed by atoms with van der Waals surface area (Å²) in [6, 6.07) is 2.04. The van der Waals surface area contributed by atoms with Crippen molar-refractivity contribution in [1.82, 2.24) is 4.98 Å².